The van der Waals surface area contributed by atoms with E-state index in [1.807, 2.05) is 6.92 Å². The number of pyridine rings is 1. The van der Waals surface area contributed by atoms with E-state index >= 15 is 0 Å². The molecule has 2 aromatic rings. The number of hydrogen-bond acceptors (Lipinski definition) is 4. The summed E-state index contributed by atoms with van der Waals surface area (Å²) in [5.74, 6) is -0.630. The second-order valence-corrected chi connectivity index (χ2v) is 4.11. The van der Waals surface area contributed by atoms with Crippen LogP contribution in [0.25, 0.3) is 0 Å². The maximum atomic E-state index is 13.2. The summed E-state index contributed by atoms with van der Waals surface area (Å²) in [6, 6.07) is 5.79. The maximum Gasteiger partial charge on any atom is 0.250 e. The van der Waals surface area contributed by atoms with E-state index in [9.17, 15) is 9.18 Å². The summed E-state index contributed by atoms with van der Waals surface area (Å²) in [7, 11) is 0. The van der Waals surface area contributed by atoms with Crippen molar-refractivity contribution in [3.63, 3.8) is 0 Å². The van der Waals surface area contributed by atoms with E-state index in [2.05, 4.69) is 10.3 Å². The van der Waals surface area contributed by atoms with Crippen molar-refractivity contribution in [3.8, 4) is 0 Å². The lowest BCUT2D eigenvalue weighted by atomic mass is 10.2. The molecule has 0 saturated heterocycles. The molecule has 0 saturated carbocycles. The number of nitrogen functional groups attached to an aromatic ring is 1. The SMILES string of the molecule is Cc1ccc(F)cc1Nc1cc(C(N)=O)c(N)cn1. The fourth-order valence-corrected chi connectivity index (χ4v) is 1.61. The first-order chi connectivity index (χ1) is 8.97. The third kappa shape index (κ3) is 2.79. The van der Waals surface area contributed by atoms with Gasteiger partial charge >= 0.3 is 0 Å². The van der Waals surface area contributed by atoms with Crippen LogP contribution >= 0.6 is 0 Å². The van der Waals surface area contributed by atoms with Crippen LogP contribution in [0, 0.1) is 12.7 Å². The first kappa shape index (κ1) is 12.8. The van der Waals surface area contributed by atoms with Crippen LogP contribution in [0.5, 0.6) is 0 Å². The van der Waals surface area contributed by atoms with Crippen LogP contribution in [0.1, 0.15) is 15.9 Å². The average molecular weight is 260 g/mol. The van der Waals surface area contributed by atoms with Gasteiger partial charge in [-0.3, -0.25) is 4.79 Å². The van der Waals surface area contributed by atoms with Crippen molar-refractivity contribution in [2.45, 2.75) is 6.92 Å². The number of benzene rings is 1. The molecule has 0 spiro atoms. The van der Waals surface area contributed by atoms with Gasteiger partial charge in [-0.1, -0.05) is 6.07 Å². The van der Waals surface area contributed by atoms with Gasteiger partial charge in [-0.25, -0.2) is 9.37 Å². The number of aryl methyl sites for hydroxylation is 1. The molecule has 0 fully saturated rings. The molecule has 0 unspecified atom stereocenters. The molecule has 0 aliphatic rings. The number of primary amides is 1. The van der Waals surface area contributed by atoms with Gasteiger partial charge in [-0.05, 0) is 30.7 Å². The highest BCUT2D eigenvalue weighted by Crippen LogP contribution is 2.22. The van der Waals surface area contributed by atoms with Gasteiger partial charge in [0.2, 0.25) is 0 Å². The van der Waals surface area contributed by atoms with Crippen LogP contribution in [0.4, 0.5) is 21.6 Å². The van der Waals surface area contributed by atoms with Crippen LogP contribution in [0.2, 0.25) is 0 Å². The molecule has 0 atom stereocenters. The summed E-state index contributed by atoms with van der Waals surface area (Å²) in [5.41, 5.74) is 12.6. The van der Waals surface area contributed by atoms with Gasteiger partial charge in [0.05, 0.1) is 17.4 Å². The van der Waals surface area contributed by atoms with Crippen molar-refractivity contribution in [1.82, 2.24) is 4.98 Å². The largest absolute Gasteiger partial charge is 0.397 e. The molecule has 2 rings (SSSR count). The van der Waals surface area contributed by atoms with Gasteiger partial charge in [0.1, 0.15) is 11.6 Å². The minimum atomic E-state index is -0.640. The summed E-state index contributed by atoms with van der Waals surface area (Å²) in [6.45, 7) is 1.83. The molecule has 1 aromatic carbocycles. The Morgan fingerprint density at radius 1 is 1.37 bits per heavy atom. The van der Waals surface area contributed by atoms with E-state index in [0.717, 1.165) is 5.56 Å². The topological polar surface area (TPSA) is 94.0 Å². The summed E-state index contributed by atoms with van der Waals surface area (Å²) < 4.78 is 13.2. The van der Waals surface area contributed by atoms with E-state index < -0.39 is 5.91 Å². The number of rotatable bonds is 3. The molecule has 5 nitrogen and oxygen atoms in total. The minimum Gasteiger partial charge on any atom is -0.397 e. The van der Waals surface area contributed by atoms with Crippen molar-refractivity contribution in [2.75, 3.05) is 11.1 Å². The lowest BCUT2D eigenvalue weighted by molar-refractivity contribution is 0.100. The predicted octanol–water partition coefficient (Wildman–Crippen LogP) is 1.95. The molecule has 0 bridgehead atoms. The number of carbonyl (C=O) groups is 1. The van der Waals surface area contributed by atoms with Gasteiger partial charge in [0, 0.05) is 5.69 Å². The van der Waals surface area contributed by atoms with E-state index in [1.54, 1.807) is 6.07 Å². The summed E-state index contributed by atoms with van der Waals surface area (Å²) in [5, 5.41) is 2.92. The first-order valence-corrected chi connectivity index (χ1v) is 5.56. The van der Waals surface area contributed by atoms with E-state index in [4.69, 9.17) is 11.5 Å². The number of nitrogens with two attached hydrogens (primary N) is 2. The zero-order chi connectivity index (χ0) is 14.0. The van der Waals surface area contributed by atoms with E-state index in [1.165, 1.54) is 24.4 Å². The second kappa shape index (κ2) is 4.93. The number of amides is 1. The van der Waals surface area contributed by atoms with Crippen LogP contribution in [0.3, 0.4) is 0 Å². The number of carbonyl (C=O) groups excluding carboxylic acids is 1. The zero-order valence-electron chi connectivity index (χ0n) is 10.3. The highest BCUT2D eigenvalue weighted by atomic mass is 19.1. The molecule has 1 heterocycles. The lowest BCUT2D eigenvalue weighted by Gasteiger charge is -2.10. The Bertz CT molecular complexity index is 643. The van der Waals surface area contributed by atoms with Crippen molar-refractivity contribution in [3.05, 3.63) is 47.4 Å². The quantitative estimate of drug-likeness (QED) is 0.786. The van der Waals surface area contributed by atoms with Crippen molar-refractivity contribution in [1.29, 1.82) is 0 Å². The Balaban J connectivity index is 2.36. The molecule has 98 valence electrons. The fraction of sp³-hybridized carbons (Fsp3) is 0.0769. The Hall–Kier alpha value is -2.63. The summed E-state index contributed by atoms with van der Waals surface area (Å²) in [4.78, 5) is 15.2. The normalized spacial score (nSPS) is 10.2. The number of halogens is 1. The molecule has 0 aliphatic heterocycles. The van der Waals surface area contributed by atoms with Crippen molar-refractivity contribution >= 4 is 23.1 Å². The molecule has 1 amide bonds. The van der Waals surface area contributed by atoms with E-state index in [0.29, 0.717) is 11.5 Å². The van der Waals surface area contributed by atoms with Gasteiger partial charge < -0.3 is 16.8 Å². The minimum absolute atomic E-state index is 0.173. The van der Waals surface area contributed by atoms with Crippen molar-refractivity contribution < 1.29 is 9.18 Å². The Labute approximate surface area is 109 Å². The molecule has 1 aromatic heterocycles. The summed E-state index contributed by atoms with van der Waals surface area (Å²) in [6.07, 6.45) is 1.33. The third-order valence-corrected chi connectivity index (χ3v) is 2.66. The zero-order valence-corrected chi connectivity index (χ0v) is 10.3. The fourth-order valence-electron chi connectivity index (χ4n) is 1.61. The smallest absolute Gasteiger partial charge is 0.250 e. The molecule has 19 heavy (non-hydrogen) atoms. The number of hydrogen-bond donors (Lipinski definition) is 3. The number of aromatic nitrogens is 1. The predicted molar refractivity (Wildman–Crippen MR) is 71.6 cm³/mol. The monoisotopic (exact) mass is 260 g/mol. The van der Waals surface area contributed by atoms with Gasteiger partial charge in [-0.15, -0.1) is 0 Å². The summed E-state index contributed by atoms with van der Waals surface area (Å²) >= 11 is 0. The van der Waals surface area contributed by atoms with Crippen molar-refractivity contribution in [2.24, 2.45) is 5.73 Å². The Morgan fingerprint density at radius 2 is 2.11 bits per heavy atom. The van der Waals surface area contributed by atoms with E-state index in [-0.39, 0.29) is 17.1 Å². The number of nitrogens with one attached hydrogen (secondary N) is 1. The van der Waals surface area contributed by atoms with Crippen LogP contribution in [-0.2, 0) is 0 Å². The van der Waals surface area contributed by atoms with Gasteiger partial charge in [0.25, 0.3) is 5.91 Å². The molecule has 6 heteroatoms. The molecular weight excluding hydrogens is 247 g/mol. The second-order valence-electron chi connectivity index (χ2n) is 4.11. The maximum absolute atomic E-state index is 13.2. The first-order valence-electron chi connectivity index (χ1n) is 5.56. The molecule has 5 N–H and O–H groups in total. The van der Waals surface area contributed by atoms with Gasteiger partial charge in [0.15, 0.2) is 0 Å². The molecule has 0 radical (unpaired) electrons. The Morgan fingerprint density at radius 3 is 2.79 bits per heavy atom. The third-order valence-electron chi connectivity index (χ3n) is 2.66. The molecule has 0 aliphatic carbocycles. The number of anilines is 3. The van der Waals surface area contributed by atoms with Crippen LogP contribution in [-0.4, -0.2) is 10.9 Å². The average Bonchev–Trinajstić information content (AvgIpc) is 2.36. The highest BCUT2D eigenvalue weighted by molar-refractivity contribution is 5.98. The van der Waals surface area contributed by atoms with Gasteiger partial charge in [-0.2, -0.15) is 0 Å². The molecular formula is C13H13FN4O. The highest BCUT2D eigenvalue weighted by Gasteiger charge is 2.09. The Kier molecular flexibility index (Phi) is 3.33. The van der Waals surface area contributed by atoms with Crippen LogP contribution in [0.15, 0.2) is 30.5 Å². The standard InChI is InChI=1S/C13H13FN4O/c1-7-2-3-8(14)4-11(7)18-12-5-9(13(16)19)10(15)6-17-12/h2-6H,15H2,1H3,(H2,16,19)(H,17,18). The number of nitrogens with zero attached hydrogens (tertiary/aromatic N) is 1. The lowest BCUT2D eigenvalue weighted by Crippen LogP contribution is -2.14. The van der Waals surface area contributed by atoms with Crippen LogP contribution < -0.4 is 16.8 Å².